The number of esters is 1. The number of aromatic nitrogens is 1. The highest BCUT2D eigenvalue weighted by molar-refractivity contribution is 6.04. The maximum absolute atomic E-state index is 12.4. The third-order valence-electron chi connectivity index (χ3n) is 5.18. The molecule has 2 N–H and O–H groups in total. The van der Waals surface area contributed by atoms with Crippen LogP contribution in [-0.4, -0.2) is 63.8 Å². The summed E-state index contributed by atoms with van der Waals surface area (Å²) >= 11 is 0. The lowest BCUT2D eigenvalue weighted by molar-refractivity contribution is -0.134. The number of fused-ring (bicyclic) bond motifs is 1. The molecule has 1 aliphatic heterocycles. The van der Waals surface area contributed by atoms with Crippen LogP contribution in [0.5, 0.6) is 0 Å². The van der Waals surface area contributed by atoms with Crippen LogP contribution in [0.25, 0.3) is 10.9 Å². The van der Waals surface area contributed by atoms with Gasteiger partial charge >= 0.3 is 17.9 Å². The molecule has 0 aliphatic carbocycles. The van der Waals surface area contributed by atoms with Gasteiger partial charge in [0.05, 0.1) is 18.2 Å². The average molecular weight is 441 g/mol. The lowest BCUT2D eigenvalue weighted by Crippen LogP contribution is -2.35. The molecule has 0 atom stereocenters. The summed E-state index contributed by atoms with van der Waals surface area (Å²) < 4.78 is 7.54. The van der Waals surface area contributed by atoms with E-state index in [4.69, 9.17) is 20.2 Å². The van der Waals surface area contributed by atoms with Crippen molar-refractivity contribution in [2.45, 2.75) is 19.3 Å². The molecule has 1 fully saturated rings. The number of hydrogen-bond donors (Lipinski definition) is 2. The number of carbonyl (C=O) groups excluding carboxylic acids is 1. The minimum atomic E-state index is -1.26. The van der Waals surface area contributed by atoms with E-state index in [-0.39, 0.29) is 5.97 Å². The molecule has 1 aromatic heterocycles. The summed E-state index contributed by atoms with van der Waals surface area (Å²) in [5.41, 5.74) is 1.68. The first-order chi connectivity index (χ1) is 15.3. The van der Waals surface area contributed by atoms with Gasteiger partial charge in [0.15, 0.2) is 0 Å². The molecule has 1 aromatic carbocycles. The number of nitrogens with zero attached hydrogens (tertiary/aromatic N) is 3. The topological polar surface area (TPSA) is 133 Å². The molecule has 2 aromatic rings. The second-order valence-electron chi connectivity index (χ2n) is 7.47. The van der Waals surface area contributed by atoms with Gasteiger partial charge in [-0.1, -0.05) is 18.2 Å². The van der Waals surface area contributed by atoms with Crippen LogP contribution >= 0.6 is 0 Å². The fraction of sp³-hybridized carbons (Fsp3) is 0.391. The van der Waals surface area contributed by atoms with E-state index in [1.165, 1.54) is 0 Å². The molecule has 0 amide bonds. The van der Waals surface area contributed by atoms with E-state index in [0.717, 1.165) is 43.4 Å². The van der Waals surface area contributed by atoms with E-state index >= 15 is 0 Å². The predicted octanol–water partition coefficient (Wildman–Crippen LogP) is 2.67. The molecule has 1 saturated heterocycles. The molecule has 2 heterocycles. The second-order valence-corrected chi connectivity index (χ2v) is 7.47. The summed E-state index contributed by atoms with van der Waals surface area (Å²) in [6, 6.07) is 10.1. The predicted molar refractivity (Wildman–Crippen MR) is 117 cm³/mol. The lowest BCUT2D eigenvalue weighted by Gasteiger charge is -2.30. The largest absolute Gasteiger partial charge is 0.478 e. The molecule has 32 heavy (non-hydrogen) atoms. The van der Waals surface area contributed by atoms with E-state index in [0.29, 0.717) is 36.7 Å². The highest BCUT2D eigenvalue weighted by Crippen LogP contribution is 2.22. The van der Waals surface area contributed by atoms with E-state index in [9.17, 15) is 14.4 Å². The van der Waals surface area contributed by atoms with Gasteiger partial charge in [0.2, 0.25) is 0 Å². The zero-order valence-corrected chi connectivity index (χ0v) is 17.9. The van der Waals surface area contributed by atoms with Gasteiger partial charge in [-0.15, -0.1) is 0 Å². The van der Waals surface area contributed by atoms with Crippen molar-refractivity contribution in [3.05, 3.63) is 48.2 Å². The first-order valence-electron chi connectivity index (χ1n) is 10.3. The number of rotatable bonds is 7. The van der Waals surface area contributed by atoms with Crippen molar-refractivity contribution in [2.75, 3.05) is 26.2 Å². The van der Waals surface area contributed by atoms with Crippen LogP contribution in [0, 0.1) is 17.2 Å². The first kappa shape index (κ1) is 24.6. The molecule has 1 aliphatic rings. The molecule has 3 rings (SSSR count). The van der Waals surface area contributed by atoms with Crippen LogP contribution in [-0.2, 0) is 21.4 Å². The van der Waals surface area contributed by atoms with Crippen molar-refractivity contribution < 1.29 is 29.3 Å². The van der Waals surface area contributed by atoms with Crippen LogP contribution in [0.3, 0.4) is 0 Å². The van der Waals surface area contributed by atoms with E-state index in [1.54, 1.807) is 0 Å². The van der Waals surface area contributed by atoms with Crippen molar-refractivity contribution in [3.63, 3.8) is 0 Å². The van der Waals surface area contributed by atoms with Crippen molar-refractivity contribution in [3.8, 4) is 6.07 Å². The van der Waals surface area contributed by atoms with Crippen LogP contribution in [0.2, 0.25) is 0 Å². The quantitative estimate of drug-likeness (QED) is 0.495. The smallest absolute Gasteiger partial charge is 0.340 e. The number of para-hydroxylation sites is 1. The molecular formula is C23H27N3O6. The molecule has 0 saturated carbocycles. The number of benzene rings is 1. The third-order valence-corrected chi connectivity index (χ3v) is 5.18. The standard InChI is InChI=1S/C19H23N3O2.C4H4O4/c1-21-13-17(16-5-2-3-6-18(16)21)19(23)24-14-15-7-11-22(12-8-15)10-4-9-20;5-3(6)1-2-4(7)8/h2-3,5-6,13,15H,4,7-8,10-12,14H2,1H3;1-2H,(H,5,6)(H,7,8). The zero-order valence-electron chi connectivity index (χ0n) is 17.9. The van der Waals surface area contributed by atoms with Gasteiger partial charge in [0.25, 0.3) is 0 Å². The molecule has 0 bridgehead atoms. The van der Waals surface area contributed by atoms with E-state index < -0.39 is 11.9 Å². The summed E-state index contributed by atoms with van der Waals surface area (Å²) in [6.45, 7) is 3.30. The number of aryl methyl sites for hydroxylation is 1. The number of ether oxygens (including phenoxy) is 1. The minimum Gasteiger partial charge on any atom is -0.478 e. The van der Waals surface area contributed by atoms with Crippen molar-refractivity contribution in [1.29, 1.82) is 5.26 Å². The van der Waals surface area contributed by atoms with E-state index in [2.05, 4.69) is 11.0 Å². The Hall–Kier alpha value is -3.64. The highest BCUT2D eigenvalue weighted by atomic mass is 16.5. The minimum absolute atomic E-state index is 0.237. The summed E-state index contributed by atoms with van der Waals surface area (Å²) in [7, 11) is 1.94. The Morgan fingerprint density at radius 1 is 1.16 bits per heavy atom. The number of aliphatic carboxylic acids is 2. The van der Waals surface area contributed by atoms with Gasteiger partial charge in [0, 0.05) is 49.3 Å². The van der Waals surface area contributed by atoms with Gasteiger partial charge in [0.1, 0.15) is 0 Å². The monoisotopic (exact) mass is 441 g/mol. The van der Waals surface area contributed by atoms with Crippen molar-refractivity contribution in [1.82, 2.24) is 9.47 Å². The Labute approximate surface area is 186 Å². The number of piperidine rings is 1. The molecule has 9 nitrogen and oxygen atoms in total. The van der Waals surface area contributed by atoms with Crippen LogP contribution < -0.4 is 0 Å². The Bertz CT molecular complexity index is 996. The zero-order chi connectivity index (χ0) is 23.5. The maximum atomic E-state index is 12.4. The number of nitriles is 1. The Morgan fingerprint density at radius 3 is 2.38 bits per heavy atom. The summed E-state index contributed by atoms with van der Waals surface area (Å²) in [4.78, 5) is 33.9. The molecule has 170 valence electrons. The van der Waals surface area contributed by atoms with Gasteiger partial charge < -0.3 is 24.4 Å². The van der Waals surface area contributed by atoms with Crippen LogP contribution in [0.4, 0.5) is 0 Å². The molecular weight excluding hydrogens is 414 g/mol. The van der Waals surface area contributed by atoms with Gasteiger partial charge in [-0.2, -0.15) is 5.26 Å². The lowest BCUT2D eigenvalue weighted by atomic mass is 9.98. The fourth-order valence-corrected chi connectivity index (χ4v) is 3.50. The number of hydrogen-bond acceptors (Lipinski definition) is 6. The van der Waals surface area contributed by atoms with Crippen molar-refractivity contribution in [2.24, 2.45) is 13.0 Å². The van der Waals surface area contributed by atoms with Gasteiger partial charge in [-0.05, 0) is 37.9 Å². The van der Waals surface area contributed by atoms with E-state index in [1.807, 2.05) is 42.1 Å². The highest BCUT2D eigenvalue weighted by Gasteiger charge is 2.21. The van der Waals surface area contributed by atoms with Crippen LogP contribution in [0.1, 0.15) is 29.6 Å². The normalized spacial score (nSPS) is 14.5. The second kappa shape index (κ2) is 12.3. The van der Waals surface area contributed by atoms with Gasteiger partial charge in [-0.3, -0.25) is 0 Å². The Balaban J connectivity index is 0.000000390. The third kappa shape index (κ3) is 7.56. The number of likely N-dealkylation sites (tertiary alicyclic amines) is 1. The summed E-state index contributed by atoms with van der Waals surface area (Å²) in [5, 5.41) is 25.2. The number of carbonyl (C=O) groups is 3. The first-order valence-corrected chi connectivity index (χ1v) is 10.3. The van der Waals surface area contributed by atoms with Crippen molar-refractivity contribution >= 4 is 28.8 Å². The number of carboxylic acids is 2. The summed E-state index contributed by atoms with van der Waals surface area (Å²) in [6.07, 6.45) is 5.59. The molecule has 0 spiro atoms. The Kier molecular flexibility index (Phi) is 9.44. The Morgan fingerprint density at radius 2 is 1.78 bits per heavy atom. The van der Waals surface area contributed by atoms with Crippen LogP contribution in [0.15, 0.2) is 42.6 Å². The molecule has 9 heteroatoms. The summed E-state index contributed by atoms with van der Waals surface area (Å²) in [5.74, 6) is -2.33. The average Bonchev–Trinajstić information content (AvgIpc) is 3.12. The molecule has 0 radical (unpaired) electrons. The molecule has 0 unspecified atom stereocenters. The maximum Gasteiger partial charge on any atom is 0.340 e. The SMILES string of the molecule is Cn1cc(C(=O)OCC2CCN(CCC#N)CC2)c2ccccc21.O=C(O)C=CC(=O)O. The number of carboxylic acid groups (broad SMARTS) is 2. The fourth-order valence-electron chi connectivity index (χ4n) is 3.50. The van der Waals surface area contributed by atoms with Gasteiger partial charge in [-0.25, -0.2) is 14.4 Å².